The first-order valence-corrected chi connectivity index (χ1v) is 9.78. The third kappa shape index (κ3) is 4.10. The van der Waals surface area contributed by atoms with Crippen LogP contribution in [0.2, 0.25) is 0 Å². The van der Waals surface area contributed by atoms with Crippen LogP contribution in [0.4, 0.5) is 0 Å². The van der Waals surface area contributed by atoms with Gasteiger partial charge in [0.15, 0.2) is 0 Å². The number of aromatic hydroxyl groups is 2. The van der Waals surface area contributed by atoms with Gasteiger partial charge in [-0.3, -0.25) is 9.11 Å². The van der Waals surface area contributed by atoms with Crippen LogP contribution in [0.1, 0.15) is 22.3 Å². The second-order valence-corrected chi connectivity index (χ2v) is 8.40. The monoisotopic (exact) mass is 388 g/mol. The van der Waals surface area contributed by atoms with Crippen LogP contribution in [0, 0.1) is 13.8 Å². The van der Waals surface area contributed by atoms with Crippen LogP contribution in [0.5, 0.6) is 11.5 Å². The summed E-state index contributed by atoms with van der Waals surface area (Å²) in [5.74, 6) is -0.587. The van der Waals surface area contributed by atoms with E-state index in [1.807, 2.05) is 0 Å². The molecule has 25 heavy (non-hydrogen) atoms. The van der Waals surface area contributed by atoms with Gasteiger partial charge in [0.1, 0.15) is 11.5 Å². The molecule has 0 radical (unpaired) electrons. The first-order chi connectivity index (χ1) is 11.3. The molecule has 0 spiro atoms. The lowest BCUT2D eigenvalue weighted by atomic mass is 10.0. The zero-order valence-electron chi connectivity index (χ0n) is 13.3. The number of benzene rings is 2. The number of rotatable bonds is 4. The lowest BCUT2D eigenvalue weighted by molar-refractivity contribution is 0.460. The van der Waals surface area contributed by atoms with Crippen LogP contribution in [0.15, 0.2) is 34.1 Å². The Morgan fingerprint density at radius 3 is 1.32 bits per heavy atom. The van der Waals surface area contributed by atoms with Gasteiger partial charge < -0.3 is 10.2 Å². The smallest absolute Gasteiger partial charge is 0.294 e. The molecule has 0 aromatic heterocycles. The van der Waals surface area contributed by atoms with Gasteiger partial charge in [-0.2, -0.15) is 16.8 Å². The van der Waals surface area contributed by atoms with Crippen molar-refractivity contribution in [1.29, 1.82) is 0 Å². The molecule has 10 heteroatoms. The molecule has 8 nitrogen and oxygen atoms in total. The minimum Gasteiger partial charge on any atom is -0.508 e. The standard InChI is InChI=1S/C15H16O8S2/c1-8-3-12(16)10(6-14(8)24(18,19)20)5-11-7-15(25(21,22)23)9(2)4-13(11)17/h3-4,6-7,16-17H,5H2,1-2H3,(H,18,19,20)(H,21,22,23). The summed E-state index contributed by atoms with van der Waals surface area (Å²) in [5.41, 5.74) is 0.323. The van der Waals surface area contributed by atoms with Gasteiger partial charge in [0.05, 0.1) is 9.79 Å². The zero-order valence-corrected chi connectivity index (χ0v) is 14.9. The Hall–Kier alpha value is -2.14. The Bertz CT molecular complexity index is 968. The number of aryl methyl sites for hydroxylation is 2. The van der Waals surface area contributed by atoms with Crippen LogP contribution in [-0.2, 0) is 26.7 Å². The van der Waals surface area contributed by atoms with Gasteiger partial charge in [0, 0.05) is 6.42 Å². The topological polar surface area (TPSA) is 149 Å². The van der Waals surface area contributed by atoms with E-state index in [0.29, 0.717) is 0 Å². The lowest BCUT2D eigenvalue weighted by Gasteiger charge is -2.12. The highest BCUT2D eigenvalue weighted by atomic mass is 32.2. The van der Waals surface area contributed by atoms with E-state index in [-0.39, 0.29) is 40.2 Å². The third-order valence-corrected chi connectivity index (χ3v) is 5.68. The number of phenols is 2. The molecule has 0 saturated heterocycles. The average molecular weight is 388 g/mol. The first-order valence-electron chi connectivity index (χ1n) is 6.90. The largest absolute Gasteiger partial charge is 0.508 e. The molecule has 0 atom stereocenters. The Morgan fingerprint density at radius 2 is 1.04 bits per heavy atom. The summed E-state index contributed by atoms with van der Waals surface area (Å²) in [4.78, 5) is -0.830. The Kier molecular flexibility index (Phi) is 4.83. The second-order valence-electron chi connectivity index (χ2n) is 5.62. The van der Waals surface area contributed by atoms with Crippen molar-refractivity contribution in [2.75, 3.05) is 0 Å². The summed E-state index contributed by atoms with van der Waals surface area (Å²) < 4.78 is 64.0. The summed E-state index contributed by atoms with van der Waals surface area (Å²) in [5, 5.41) is 20.0. The van der Waals surface area contributed by atoms with Crippen molar-refractivity contribution in [2.45, 2.75) is 30.1 Å². The quantitative estimate of drug-likeness (QED) is 0.579. The van der Waals surface area contributed by atoms with E-state index in [9.17, 15) is 36.2 Å². The van der Waals surface area contributed by atoms with E-state index in [4.69, 9.17) is 0 Å². The van der Waals surface area contributed by atoms with Crippen LogP contribution >= 0.6 is 0 Å². The number of hydrogen-bond donors (Lipinski definition) is 4. The van der Waals surface area contributed by atoms with E-state index in [2.05, 4.69) is 0 Å². The minimum atomic E-state index is -4.52. The van der Waals surface area contributed by atoms with Crippen LogP contribution in [0.25, 0.3) is 0 Å². The van der Waals surface area contributed by atoms with E-state index in [0.717, 1.165) is 24.3 Å². The highest BCUT2D eigenvalue weighted by molar-refractivity contribution is 7.86. The van der Waals surface area contributed by atoms with Gasteiger partial charge in [-0.05, 0) is 60.4 Å². The second kappa shape index (κ2) is 6.30. The highest BCUT2D eigenvalue weighted by Gasteiger charge is 2.20. The molecular weight excluding hydrogens is 372 g/mol. The summed E-state index contributed by atoms with van der Waals surface area (Å²) in [6.45, 7) is 2.76. The molecule has 2 aromatic carbocycles. The molecule has 0 amide bonds. The molecule has 2 rings (SSSR count). The van der Waals surface area contributed by atoms with Crippen molar-refractivity contribution in [2.24, 2.45) is 0 Å². The maximum absolute atomic E-state index is 11.4. The highest BCUT2D eigenvalue weighted by Crippen LogP contribution is 2.32. The molecule has 4 N–H and O–H groups in total. The SMILES string of the molecule is Cc1cc(O)c(Cc2cc(S(=O)(=O)O)c(C)cc2O)cc1S(=O)(=O)O. The molecule has 0 aliphatic carbocycles. The van der Waals surface area contributed by atoms with Gasteiger partial charge in [-0.25, -0.2) is 0 Å². The summed E-state index contributed by atoms with van der Waals surface area (Å²) in [6, 6.07) is 4.33. The van der Waals surface area contributed by atoms with Crippen molar-refractivity contribution in [3.8, 4) is 11.5 Å². The van der Waals surface area contributed by atoms with Crippen LogP contribution < -0.4 is 0 Å². The molecule has 0 bridgehead atoms. The zero-order chi connectivity index (χ0) is 19.2. The van der Waals surface area contributed by atoms with E-state index in [1.165, 1.54) is 13.8 Å². The maximum atomic E-state index is 11.4. The van der Waals surface area contributed by atoms with Gasteiger partial charge in [-0.15, -0.1) is 0 Å². The predicted octanol–water partition coefficient (Wildman–Crippen LogP) is 1.80. The van der Waals surface area contributed by atoms with E-state index >= 15 is 0 Å². The van der Waals surface area contributed by atoms with Crippen molar-refractivity contribution in [3.05, 3.63) is 46.5 Å². The first kappa shape index (κ1) is 19.2. The van der Waals surface area contributed by atoms with E-state index in [1.54, 1.807) is 0 Å². The van der Waals surface area contributed by atoms with Crippen molar-refractivity contribution in [3.63, 3.8) is 0 Å². The molecule has 0 heterocycles. The third-order valence-electron chi connectivity index (χ3n) is 3.69. The fraction of sp³-hybridized carbons (Fsp3) is 0.200. The predicted molar refractivity (Wildman–Crippen MR) is 88.1 cm³/mol. The van der Waals surface area contributed by atoms with Gasteiger partial charge in [0.2, 0.25) is 0 Å². The number of phenolic OH excluding ortho intramolecular Hbond substituents is 2. The van der Waals surface area contributed by atoms with Crippen molar-refractivity contribution >= 4 is 20.2 Å². The van der Waals surface area contributed by atoms with Crippen molar-refractivity contribution in [1.82, 2.24) is 0 Å². The normalized spacial score (nSPS) is 12.3. The number of hydrogen-bond acceptors (Lipinski definition) is 6. The molecule has 0 unspecified atom stereocenters. The Morgan fingerprint density at radius 1 is 0.720 bits per heavy atom. The van der Waals surface area contributed by atoms with Gasteiger partial charge >= 0.3 is 0 Å². The fourth-order valence-electron chi connectivity index (χ4n) is 2.47. The van der Waals surface area contributed by atoms with Gasteiger partial charge in [0.25, 0.3) is 20.2 Å². The molecule has 2 aromatic rings. The van der Waals surface area contributed by atoms with E-state index < -0.39 is 30.0 Å². The van der Waals surface area contributed by atoms with Crippen LogP contribution in [0.3, 0.4) is 0 Å². The minimum absolute atomic E-state index is 0.0404. The lowest BCUT2D eigenvalue weighted by Crippen LogP contribution is -2.04. The molecule has 0 aliphatic rings. The maximum Gasteiger partial charge on any atom is 0.294 e. The molecule has 0 fully saturated rings. The molecule has 136 valence electrons. The Balaban J connectivity index is 2.61. The summed E-state index contributed by atoms with van der Waals surface area (Å²) in [7, 11) is -9.05. The molecule has 0 aliphatic heterocycles. The van der Waals surface area contributed by atoms with Crippen LogP contribution in [-0.4, -0.2) is 36.2 Å². The average Bonchev–Trinajstić information content (AvgIpc) is 2.41. The molecular formula is C15H16O8S2. The summed E-state index contributed by atoms with van der Waals surface area (Å²) in [6.07, 6.45) is -0.233. The van der Waals surface area contributed by atoms with Gasteiger partial charge in [-0.1, -0.05) is 0 Å². The fourth-order valence-corrected chi connectivity index (χ4v) is 3.99. The van der Waals surface area contributed by atoms with Crippen molar-refractivity contribution < 1.29 is 36.2 Å². The Labute approximate surface area is 144 Å². The summed E-state index contributed by atoms with van der Waals surface area (Å²) >= 11 is 0. The molecule has 0 saturated carbocycles.